The summed E-state index contributed by atoms with van der Waals surface area (Å²) < 4.78 is 28.7. The van der Waals surface area contributed by atoms with E-state index in [1.54, 1.807) is 28.7 Å². The Morgan fingerprint density at radius 1 is 1.00 bits per heavy atom. The highest BCUT2D eigenvalue weighted by Crippen LogP contribution is 2.43. The number of aromatic nitrogens is 1. The van der Waals surface area contributed by atoms with Crippen LogP contribution in [0.15, 0.2) is 78.0 Å². The van der Waals surface area contributed by atoms with Crippen molar-refractivity contribution in [2.24, 2.45) is 0 Å². The molecule has 6 nitrogen and oxygen atoms in total. The summed E-state index contributed by atoms with van der Waals surface area (Å²) >= 11 is 0. The summed E-state index contributed by atoms with van der Waals surface area (Å²) in [6.07, 6.45) is 5.34. The number of aryl methyl sites for hydroxylation is 1. The lowest BCUT2D eigenvalue weighted by molar-refractivity contribution is -0.0553. The molecule has 0 spiro atoms. The Balaban J connectivity index is 1.43. The minimum atomic E-state index is -3.58. The van der Waals surface area contributed by atoms with Crippen molar-refractivity contribution in [3.63, 3.8) is 0 Å². The fourth-order valence-corrected chi connectivity index (χ4v) is 7.09. The van der Waals surface area contributed by atoms with E-state index in [4.69, 9.17) is 0 Å². The molecule has 178 valence electrons. The van der Waals surface area contributed by atoms with Crippen LogP contribution in [0.2, 0.25) is 0 Å². The van der Waals surface area contributed by atoms with E-state index in [9.17, 15) is 13.5 Å². The zero-order valence-electron chi connectivity index (χ0n) is 19.4. The molecule has 1 aromatic heterocycles. The summed E-state index contributed by atoms with van der Waals surface area (Å²) in [4.78, 5) is 6.86. The van der Waals surface area contributed by atoms with Crippen molar-refractivity contribution in [1.29, 1.82) is 0 Å². The van der Waals surface area contributed by atoms with Gasteiger partial charge < -0.3 is 5.11 Å². The van der Waals surface area contributed by atoms with Gasteiger partial charge >= 0.3 is 0 Å². The van der Waals surface area contributed by atoms with Crippen LogP contribution in [-0.2, 0) is 10.0 Å². The van der Waals surface area contributed by atoms with Crippen molar-refractivity contribution < 1.29 is 13.5 Å². The molecule has 2 saturated heterocycles. The minimum Gasteiger partial charge on any atom is -0.395 e. The number of benzene rings is 2. The Morgan fingerprint density at radius 3 is 2.50 bits per heavy atom. The largest absolute Gasteiger partial charge is 0.395 e. The maximum absolute atomic E-state index is 13.5. The van der Waals surface area contributed by atoms with Gasteiger partial charge in [0.05, 0.1) is 11.5 Å². The molecule has 2 aliphatic heterocycles. The first-order valence-corrected chi connectivity index (χ1v) is 13.4. The van der Waals surface area contributed by atoms with Crippen LogP contribution in [-0.4, -0.2) is 66.0 Å². The molecule has 1 N–H and O–H groups in total. The molecular formula is C27H31N3O3S. The predicted molar refractivity (Wildman–Crippen MR) is 133 cm³/mol. The predicted octanol–water partition coefficient (Wildman–Crippen LogP) is 3.67. The molecule has 0 aliphatic carbocycles. The number of sulfonamides is 1. The highest BCUT2D eigenvalue weighted by atomic mass is 32.2. The van der Waals surface area contributed by atoms with Gasteiger partial charge in [-0.15, -0.1) is 0 Å². The topological polar surface area (TPSA) is 73.7 Å². The standard InChI is InChI=1S/C27H31N3O3S/c1-20-6-4-8-24(16-20)34(32,33)29-14-2-3-15-30-25(18-29)27(26(30)19-31)22-11-9-21(10-12-22)23-7-5-13-28-17-23/h4-13,16-17,25-27,31H,2-3,14-15,18-19H2,1H3/t25-,26-,27+/m1/s1. The summed E-state index contributed by atoms with van der Waals surface area (Å²) in [6.45, 7) is 3.82. The van der Waals surface area contributed by atoms with Gasteiger partial charge in [-0.1, -0.05) is 42.5 Å². The lowest BCUT2D eigenvalue weighted by atomic mass is 9.74. The van der Waals surface area contributed by atoms with Gasteiger partial charge in [0, 0.05) is 43.5 Å². The van der Waals surface area contributed by atoms with Crippen LogP contribution in [0.25, 0.3) is 11.1 Å². The van der Waals surface area contributed by atoms with Crippen molar-refractivity contribution in [2.45, 2.75) is 42.7 Å². The van der Waals surface area contributed by atoms with Gasteiger partial charge in [-0.3, -0.25) is 9.88 Å². The highest BCUT2D eigenvalue weighted by molar-refractivity contribution is 7.89. The third-order valence-corrected chi connectivity index (χ3v) is 9.11. The molecule has 2 aromatic carbocycles. The molecule has 0 amide bonds. The number of hydrogen-bond donors (Lipinski definition) is 1. The SMILES string of the molecule is Cc1cccc(S(=O)(=O)N2CCCCN3[C@H](CO)[C@@H](c4ccc(-c5cccnc5)cc4)[C@H]3C2)c1. The zero-order chi connectivity index (χ0) is 23.7. The number of fused-ring (bicyclic) bond motifs is 1. The molecule has 0 radical (unpaired) electrons. The van der Waals surface area contributed by atoms with E-state index in [0.29, 0.717) is 18.0 Å². The summed E-state index contributed by atoms with van der Waals surface area (Å²) in [6, 6.07) is 19.6. The monoisotopic (exact) mass is 477 g/mol. The first kappa shape index (κ1) is 23.2. The van der Waals surface area contributed by atoms with Gasteiger partial charge in [-0.25, -0.2) is 8.42 Å². The smallest absolute Gasteiger partial charge is 0.243 e. The lowest BCUT2D eigenvalue weighted by Crippen LogP contribution is -2.67. The van der Waals surface area contributed by atoms with E-state index in [2.05, 4.69) is 34.1 Å². The Kier molecular flexibility index (Phi) is 6.53. The van der Waals surface area contributed by atoms with Crippen LogP contribution in [0.5, 0.6) is 0 Å². The maximum atomic E-state index is 13.5. The summed E-state index contributed by atoms with van der Waals surface area (Å²) in [5.74, 6) is 0.0845. The fraction of sp³-hybridized carbons (Fsp3) is 0.370. The molecule has 2 fully saturated rings. The molecule has 5 rings (SSSR count). The normalized spacial score (nSPS) is 24.0. The van der Waals surface area contributed by atoms with E-state index in [1.807, 2.05) is 31.3 Å². The first-order chi connectivity index (χ1) is 16.5. The van der Waals surface area contributed by atoms with Crippen molar-refractivity contribution >= 4 is 10.0 Å². The Bertz CT molecular complexity index is 1230. The van der Waals surface area contributed by atoms with Crippen molar-refractivity contribution in [2.75, 3.05) is 26.2 Å². The summed E-state index contributed by atoms with van der Waals surface area (Å²) in [7, 11) is -3.58. The molecule has 3 aromatic rings. The maximum Gasteiger partial charge on any atom is 0.243 e. The van der Waals surface area contributed by atoms with Crippen LogP contribution in [0.3, 0.4) is 0 Å². The second-order valence-corrected chi connectivity index (χ2v) is 11.3. The molecule has 0 unspecified atom stereocenters. The second-order valence-electron chi connectivity index (χ2n) is 9.33. The fourth-order valence-electron chi connectivity index (χ4n) is 5.48. The molecule has 0 bridgehead atoms. The lowest BCUT2D eigenvalue weighted by Gasteiger charge is -2.57. The van der Waals surface area contributed by atoms with Gasteiger partial charge in [-0.2, -0.15) is 4.31 Å². The Labute approximate surface area is 201 Å². The number of rotatable bonds is 5. The average Bonchev–Trinajstić information content (AvgIpc) is 2.84. The van der Waals surface area contributed by atoms with Crippen molar-refractivity contribution in [3.05, 3.63) is 84.2 Å². The van der Waals surface area contributed by atoms with Crippen LogP contribution in [0.4, 0.5) is 0 Å². The van der Waals surface area contributed by atoms with Crippen molar-refractivity contribution in [3.8, 4) is 11.1 Å². The second kappa shape index (κ2) is 9.58. The van der Waals surface area contributed by atoms with E-state index in [0.717, 1.165) is 41.6 Å². The third-order valence-electron chi connectivity index (χ3n) is 7.25. The van der Waals surface area contributed by atoms with Gasteiger partial charge in [-0.05, 0) is 66.8 Å². The highest BCUT2D eigenvalue weighted by Gasteiger charge is 2.50. The number of nitrogens with zero attached hydrogens (tertiary/aromatic N) is 3. The molecule has 2 aliphatic rings. The van der Waals surface area contributed by atoms with Crippen molar-refractivity contribution in [1.82, 2.24) is 14.2 Å². The zero-order valence-corrected chi connectivity index (χ0v) is 20.2. The Hall–Kier alpha value is -2.58. The third kappa shape index (κ3) is 4.29. The number of pyridine rings is 1. The van der Waals surface area contributed by atoms with Crippen LogP contribution >= 0.6 is 0 Å². The minimum absolute atomic E-state index is 0.0101. The van der Waals surface area contributed by atoms with E-state index in [-0.39, 0.29) is 24.6 Å². The molecule has 3 heterocycles. The van der Waals surface area contributed by atoms with Crippen LogP contribution in [0, 0.1) is 6.92 Å². The quantitative estimate of drug-likeness (QED) is 0.607. The number of aliphatic hydroxyl groups is 1. The summed E-state index contributed by atoms with van der Waals surface area (Å²) in [5, 5.41) is 10.2. The van der Waals surface area contributed by atoms with Crippen LogP contribution < -0.4 is 0 Å². The average molecular weight is 478 g/mol. The van der Waals surface area contributed by atoms with Gasteiger partial charge in [0.15, 0.2) is 0 Å². The molecule has 3 atom stereocenters. The van der Waals surface area contributed by atoms with Gasteiger partial charge in [0.2, 0.25) is 10.0 Å². The van der Waals surface area contributed by atoms with Gasteiger partial charge in [0.25, 0.3) is 0 Å². The molecule has 7 heteroatoms. The van der Waals surface area contributed by atoms with Crippen LogP contribution in [0.1, 0.15) is 29.9 Å². The van der Waals surface area contributed by atoms with E-state index in [1.165, 1.54) is 0 Å². The molecule has 34 heavy (non-hydrogen) atoms. The number of aliphatic hydroxyl groups excluding tert-OH is 1. The van der Waals surface area contributed by atoms with Gasteiger partial charge in [0.1, 0.15) is 0 Å². The van der Waals surface area contributed by atoms with E-state index < -0.39 is 10.0 Å². The molecule has 0 saturated carbocycles. The van der Waals surface area contributed by atoms with E-state index >= 15 is 0 Å². The Morgan fingerprint density at radius 2 is 1.79 bits per heavy atom. The molecular weight excluding hydrogens is 446 g/mol. The number of hydrogen-bond acceptors (Lipinski definition) is 5. The first-order valence-electron chi connectivity index (χ1n) is 11.9. The summed E-state index contributed by atoms with van der Waals surface area (Å²) in [5.41, 5.74) is 4.23.